The molecule has 1 aliphatic carbocycles. The Kier molecular flexibility index (Phi) is 2.77. The van der Waals surface area contributed by atoms with Crippen LogP contribution in [0, 0.1) is 0 Å². The van der Waals surface area contributed by atoms with Crippen molar-refractivity contribution in [2.75, 3.05) is 0 Å². The fourth-order valence-corrected chi connectivity index (χ4v) is 3.20. The van der Waals surface area contributed by atoms with Crippen molar-refractivity contribution >= 4 is 23.6 Å². The molecule has 3 aliphatic rings. The van der Waals surface area contributed by atoms with Gasteiger partial charge in [0.25, 0.3) is 17.7 Å². The maximum atomic E-state index is 12.5. The van der Waals surface area contributed by atoms with Crippen molar-refractivity contribution in [2.24, 2.45) is 0 Å². The number of carbonyl (C=O) groups excluding carboxylic acids is 4. The first-order chi connectivity index (χ1) is 9.45. The third-order valence-corrected chi connectivity index (χ3v) is 4.46. The number of rotatable bonds is 1. The average molecular weight is 276 g/mol. The van der Waals surface area contributed by atoms with Crippen LogP contribution in [0.3, 0.4) is 0 Å². The monoisotopic (exact) mass is 276 g/mol. The molecular weight excluding hydrogens is 260 g/mol. The van der Waals surface area contributed by atoms with E-state index in [1.165, 1.54) is 0 Å². The van der Waals surface area contributed by atoms with E-state index < -0.39 is 11.4 Å². The van der Waals surface area contributed by atoms with Crippen LogP contribution in [-0.4, -0.2) is 34.1 Å². The Morgan fingerprint density at radius 2 is 1.50 bits per heavy atom. The summed E-state index contributed by atoms with van der Waals surface area (Å²) in [5.41, 5.74) is -0.126. The van der Waals surface area contributed by atoms with Crippen molar-refractivity contribution in [3.05, 3.63) is 11.1 Å². The predicted octanol–water partition coefficient (Wildman–Crippen LogP) is 0.421. The molecule has 1 atom stereocenters. The number of amides is 4. The lowest BCUT2D eigenvalue weighted by Crippen LogP contribution is -2.63. The molecule has 6 heteroatoms. The second kappa shape index (κ2) is 4.26. The van der Waals surface area contributed by atoms with Crippen LogP contribution in [0.4, 0.5) is 0 Å². The fourth-order valence-electron chi connectivity index (χ4n) is 3.20. The largest absolute Gasteiger partial charge is 0.294 e. The van der Waals surface area contributed by atoms with Crippen molar-refractivity contribution in [1.29, 1.82) is 0 Å². The predicted molar refractivity (Wildman–Crippen MR) is 68.1 cm³/mol. The highest BCUT2D eigenvalue weighted by molar-refractivity contribution is 6.22. The van der Waals surface area contributed by atoms with E-state index in [0.29, 0.717) is 24.0 Å². The van der Waals surface area contributed by atoms with E-state index in [2.05, 4.69) is 5.32 Å². The number of piperidine rings is 1. The van der Waals surface area contributed by atoms with Gasteiger partial charge in [-0.25, -0.2) is 0 Å². The molecule has 0 radical (unpaired) electrons. The van der Waals surface area contributed by atoms with Gasteiger partial charge >= 0.3 is 0 Å². The topological polar surface area (TPSA) is 83.6 Å². The number of hydrogen-bond donors (Lipinski definition) is 1. The van der Waals surface area contributed by atoms with E-state index in [1.807, 2.05) is 0 Å². The highest BCUT2D eigenvalue weighted by Crippen LogP contribution is 2.38. The molecule has 2 heterocycles. The second-order valence-corrected chi connectivity index (χ2v) is 5.76. The zero-order chi connectivity index (χ0) is 14.5. The summed E-state index contributed by atoms with van der Waals surface area (Å²) in [5, 5.41) is 2.23. The first kappa shape index (κ1) is 13.0. The summed E-state index contributed by atoms with van der Waals surface area (Å²) in [6.45, 7) is 1.56. The number of imide groups is 2. The van der Waals surface area contributed by atoms with Gasteiger partial charge in [0.05, 0.1) is 0 Å². The molecule has 0 saturated carbocycles. The second-order valence-electron chi connectivity index (χ2n) is 5.76. The lowest BCUT2D eigenvalue weighted by Gasteiger charge is -2.38. The lowest BCUT2D eigenvalue weighted by molar-refractivity contribution is -0.156. The van der Waals surface area contributed by atoms with Crippen molar-refractivity contribution in [1.82, 2.24) is 10.2 Å². The molecule has 1 saturated heterocycles. The van der Waals surface area contributed by atoms with E-state index in [-0.39, 0.29) is 30.6 Å². The van der Waals surface area contributed by atoms with E-state index in [9.17, 15) is 19.2 Å². The molecule has 0 aromatic heterocycles. The van der Waals surface area contributed by atoms with Crippen molar-refractivity contribution in [2.45, 2.75) is 51.0 Å². The van der Waals surface area contributed by atoms with Gasteiger partial charge in [-0.05, 0) is 39.0 Å². The maximum Gasteiger partial charge on any atom is 0.258 e. The summed E-state index contributed by atoms with van der Waals surface area (Å²) in [4.78, 5) is 49.4. The third kappa shape index (κ3) is 1.63. The van der Waals surface area contributed by atoms with Crippen molar-refractivity contribution in [3.8, 4) is 0 Å². The number of hydrogen-bond acceptors (Lipinski definition) is 4. The molecule has 0 bridgehead atoms. The Morgan fingerprint density at radius 1 is 0.950 bits per heavy atom. The van der Waals surface area contributed by atoms with E-state index in [0.717, 1.165) is 17.7 Å². The summed E-state index contributed by atoms with van der Waals surface area (Å²) < 4.78 is 0. The average Bonchev–Trinajstić information content (AvgIpc) is 2.68. The fraction of sp³-hybridized carbons (Fsp3) is 0.571. The first-order valence-corrected chi connectivity index (χ1v) is 6.90. The smallest absolute Gasteiger partial charge is 0.258 e. The van der Waals surface area contributed by atoms with Gasteiger partial charge in [-0.2, -0.15) is 0 Å². The molecule has 4 amide bonds. The van der Waals surface area contributed by atoms with Gasteiger partial charge in [0.15, 0.2) is 0 Å². The summed E-state index contributed by atoms with van der Waals surface area (Å²) >= 11 is 0. The van der Waals surface area contributed by atoms with Crippen LogP contribution in [0.1, 0.15) is 45.4 Å². The summed E-state index contributed by atoms with van der Waals surface area (Å²) in [6, 6.07) is 0. The van der Waals surface area contributed by atoms with Gasteiger partial charge in [-0.1, -0.05) is 0 Å². The van der Waals surface area contributed by atoms with E-state index in [1.54, 1.807) is 6.92 Å². The van der Waals surface area contributed by atoms with Gasteiger partial charge in [-0.15, -0.1) is 0 Å². The molecule has 0 aromatic carbocycles. The zero-order valence-corrected chi connectivity index (χ0v) is 11.3. The highest BCUT2D eigenvalue weighted by Gasteiger charge is 2.53. The summed E-state index contributed by atoms with van der Waals surface area (Å²) in [7, 11) is 0. The Hall–Kier alpha value is -1.98. The molecule has 1 N–H and O–H groups in total. The quantitative estimate of drug-likeness (QED) is 0.704. The van der Waals surface area contributed by atoms with Crippen LogP contribution in [0.2, 0.25) is 0 Å². The standard InChI is InChI=1S/C14H16N2O4/c1-14(7-6-10(17)15-13(14)20)16-11(18)8-4-2-3-5-9(8)12(16)19/h2-7H2,1H3,(H,15,17,20). The maximum absolute atomic E-state index is 12.5. The zero-order valence-electron chi connectivity index (χ0n) is 11.3. The van der Waals surface area contributed by atoms with Gasteiger partial charge in [-0.3, -0.25) is 29.4 Å². The van der Waals surface area contributed by atoms with E-state index >= 15 is 0 Å². The normalized spacial score (nSPS) is 30.8. The Balaban J connectivity index is 1.96. The molecule has 0 spiro atoms. The van der Waals surface area contributed by atoms with Crippen LogP contribution in [0.5, 0.6) is 0 Å². The molecule has 2 aliphatic heterocycles. The Morgan fingerprint density at radius 3 is 2.00 bits per heavy atom. The van der Waals surface area contributed by atoms with Crippen molar-refractivity contribution < 1.29 is 19.2 Å². The molecular formula is C14H16N2O4. The third-order valence-electron chi connectivity index (χ3n) is 4.46. The SMILES string of the molecule is CC1(N2C(=O)C3=C(CCCC3)C2=O)CCC(=O)NC1=O. The van der Waals surface area contributed by atoms with Gasteiger partial charge < -0.3 is 0 Å². The molecule has 1 fully saturated rings. The molecule has 20 heavy (non-hydrogen) atoms. The number of nitrogens with zero attached hydrogens (tertiary/aromatic N) is 1. The van der Waals surface area contributed by atoms with Crippen LogP contribution < -0.4 is 5.32 Å². The Labute approximate surface area is 116 Å². The summed E-state index contributed by atoms with van der Waals surface area (Å²) in [5.74, 6) is -1.62. The van der Waals surface area contributed by atoms with Gasteiger partial charge in [0.2, 0.25) is 5.91 Å². The molecule has 106 valence electrons. The van der Waals surface area contributed by atoms with E-state index in [4.69, 9.17) is 0 Å². The molecule has 1 unspecified atom stereocenters. The minimum atomic E-state index is -1.25. The minimum Gasteiger partial charge on any atom is -0.294 e. The molecule has 6 nitrogen and oxygen atoms in total. The van der Waals surface area contributed by atoms with Gasteiger partial charge in [0.1, 0.15) is 5.54 Å². The van der Waals surface area contributed by atoms with Crippen LogP contribution in [0.15, 0.2) is 11.1 Å². The summed E-state index contributed by atoms with van der Waals surface area (Å²) in [6.07, 6.45) is 3.33. The minimum absolute atomic E-state index is 0.143. The van der Waals surface area contributed by atoms with Crippen LogP contribution in [-0.2, 0) is 19.2 Å². The lowest BCUT2D eigenvalue weighted by atomic mass is 9.89. The number of carbonyl (C=O) groups is 4. The van der Waals surface area contributed by atoms with Crippen molar-refractivity contribution in [3.63, 3.8) is 0 Å². The van der Waals surface area contributed by atoms with Crippen LogP contribution in [0.25, 0.3) is 0 Å². The highest BCUT2D eigenvalue weighted by atomic mass is 16.2. The van der Waals surface area contributed by atoms with Gasteiger partial charge in [0, 0.05) is 17.6 Å². The Bertz CT molecular complexity index is 550. The number of nitrogens with one attached hydrogen (secondary N) is 1. The molecule has 3 rings (SSSR count). The first-order valence-electron chi connectivity index (χ1n) is 6.90. The van der Waals surface area contributed by atoms with Crippen LogP contribution >= 0.6 is 0 Å². The molecule has 0 aromatic rings.